The molecule has 0 heterocycles. The molecule has 1 aliphatic rings. The summed E-state index contributed by atoms with van der Waals surface area (Å²) in [7, 11) is 1.99. The van der Waals surface area contributed by atoms with Crippen LogP contribution in [-0.4, -0.2) is 7.05 Å². The van der Waals surface area contributed by atoms with E-state index in [2.05, 4.69) is 51.6 Å². The van der Waals surface area contributed by atoms with E-state index in [-0.39, 0.29) is 6.04 Å². The maximum Gasteiger partial charge on any atom is 0.0575 e. The van der Waals surface area contributed by atoms with Crippen LogP contribution in [0.15, 0.2) is 46.9 Å². The minimum atomic E-state index is 0.162. The van der Waals surface area contributed by atoms with E-state index >= 15 is 0 Å². The predicted molar refractivity (Wildman–Crippen MR) is 93.1 cm³/mol. The van der Waals surface area contributed by atoms with Crippen LogP contribution in [0.25, 0.3) is 0 Å². The summed E-state index contributed by atoms with van der Waals surface area (Å²) < 4.78 is 1.01. The topological polar surface area (TPSA) is 12.0 Å². The Morgan fingerprint density at radius 1 is 1.10 bits per heavy atom. The van der Waals surface area contributed by atoms with Gasteiger partial charge >= 0.3 is 0 Å². The third kappa shape index (κ3) is 3.33. The van der Waals surface area contributed by atoms with Gasteiger partial charge in [-0.3, -0.25) is 0 Å². The summed E-state index contributed by atoms with van der Waals surface area (Å²) in [5, 5.41) is 4.14. The van der Waals surface area contributed by atoms with Crippen molar-refractivity contribution in [1.29, 1.82) is 0 Å². The van der Waals surface area contributed by atoms with Crippen molar-refractivity contribution in [3.8, 4) is 0 Å². The zero-order chi connectivity index (χ0) is 14.8. The first-order valence-electron chi connectivity index (χ1n) is 7.40. The van der Waals surface area contributed by atoms with Gasteiger partial charge in [-0.2, -0.15) is 0 Å². The van der Waals surface area contributed by atoms with Gasteiger partial charge in [0.05, 0.1) is 6.04 Å². The van der Waals surface area contributed by atoms with Gasteiger partial charge in [-0.25, -0.2) is 0 Å². The van der Waals surface area contributed by atoms with E-state index in [0.29, 0.717) is 0 Å². The van der Waals surface area contributed by atoms with Crippen molar-refractivity contribution in [1.82, 2.24) is 5.32 Å². The predicted octanol–water partition coefficient (Wildman–Crippen LogP) is 5.68. The highest BCUT2D eigenvalue weighted by molar-refractivity contribution is 9.10. The Labute approximate surface area is 139 Å². The van der Waals surface area contributed by atoms with E-state index < -0.39 is 0 Å². The van der Waals surface area contributed by atoms with Crippen LogP contribution >= 0.6 is 27.5 Å². The van der Waals surface area contributed by atoms with Crippen LogP contribution in [0.3, 0.4) is 0 Å². The van der Waals surface area contributed by atoms with Gasteiger partial charge in [0.2, 0.25) is 0 Å². The molecule has 1 aliphatic carbocycles. The largest absolute Gasteiger partial charge is 0.309 e. The number of hydrogen-bond acceptors (Lipinski definition) is 1. The molecule has 110 valence electrons. The molecule has 0 amide bonds. The summed E-state index contributed by atoms with van der Waals surface area (Å²) in [5.41, 5.74) is 3.93. The van der Waals surface area contributed by atoms with E-state index in [0.717, 1.165) is 15.4 Å². The Morgan fingerprint density at radius 3 is 2.33 bits per heavy atom. The number of hydrogen-bond donors (Lipinski definition) is 1. The number of rotatable bonds is 4. The molecular formula is C18H19BrClN. The monoisotopic (exact) mass is 363 g/mol. The Hall–Kier alpha value is -0.830. The zero-order valence-corrected chi connectivity index (χ0v) is 14.4. The fourth-order valence-corrected chi connectivity index (χ4v) is 3.86. The highest BCUT2D eigenvalue weighted by Gasteiger charge is 2.20. The average molecular weight is 365 g/mol. The Bertz CT molecular complexity index is 599. The van der Waals surface area contributed by atoms with Crippen molar-refractivity contribution in [2.75, 3.05) is 7.05 Å². The van der Waals surface area contributed by atoms with Crippen LogP contribution in [0.1, 0.15) is 47.9 Å². The SMILES string of the molecule is CNC(c1ccc(C2CCC2)cc1)c1cc(Cl)cc(Br)c1. The van der Waals surface area contributed by atoms with Crippen LogP contribution < -0.4 is 5.32 Å². The van der Waals surface area contributed by atoms with Gasteiger partial charge in [-0.1, -0.05) is 58.2 Å². The van der Waals surface area contributed by atoms with Crippen molar-refractivity contribution in [2.24, 2.45) is 0 Å². The van der Waals surface area contributed by atoms with Crippen LogP contribution in [0.5, 0.6) is 0 Å². The summed E-state index contributed by atoms with van der Waals surface area (Å²) in [6.07, 6.45) is 4.06. The molecule has 3 rings (SSSR count). The molecule has 0 aliphatic heterocycles. The molecule has 0 bridgehead atoms. The van der Waals surface area contributed by atoms with Gasteiger partial charge in [-0.15, -0.1) is 0 Å². The molecule has 2 aromatic rings. The summed E-state index contributed by atoms with van der Waals surface area (Å²) in [5.74, 6) is 0.785. The highest BCUT2D eigenvalue weighted by Crippen LogP contribution is 2.37. The standard InChI is InChI=1S/C18H19BrClN/c1-21-18(15-9-16(19)11-17(20)10-15)14-7-5-13(6-8-14)12-3-2-4-12/h5-12,18,21H,2-4H2,1H3. The van der Waals surface area contributed by atoms with Crippen molar-refractivity contribution < 1.29 is 0 Å². The first kappa shape index (κ1) is 15.1. The van der Waals surface area contributed by atoms with E-state index in [9.17, 15) is 0 Å². The molecule has 1 unspecified atom stereocenters. The lowest BCUT2D eigenvalue weighted by atomic mass is 9.79. The van der Waals surface area contributed by atoms with E-state index in [4.69, 9.17) is 11.6 Å². The smallest absolute Gasteiger partial charge is 0.0575 e. The third-order valence-electron chi connectivity index (χ3n) is 4.35. The molecule has 1 nitrogen and oxygen atoms in total. The molecule has 0 spiro atoms. The number of benzene rings is 2. The molecule has 1 atom stereocenters. The highest BCUT2D eigenvalue weighted by atomic mass is 79.9. The minimum Gasteiger partial charge on any atom is -0.309 e. The van der Waals surface area contributed by atoms with Crippen molar-refractivity contribution in [2.45, 2.75) is 31.2 Å². The lowest BCUT2D eigenvalue weighted by Gasteiger charge is -2.26. The van der Waals surface area contributed by atoms with Gasteiger partial charge in [-0.05, 0) is 60.7 Å². The molecule has 1 fully saturated rings. The first-order chi connectivity index (χ1) is 10.2. The molecule has 0 radical (unpaired) electrons. The maximum absolute atomic E-state index is 6.17. The van der Waals surface area contributed by atoms with Crippen LogP contribution in [-0.2, 0) is 0 Å². The minimum absolute atomic E-state index is 0.162. The lowest BCUT2D eigenvalue weighted by molar-refractivity contribution is 0.419. The van der Waals surface area contributed by atoms with Gasteiger partial charge < -0.3 is 5.32 Å². The normalized spacial score (nSPS) is 16.5. The van der Waals surface area contributed by atoms with Crippen molar-refractivity contribution in [3.63, 3.8) is 0 Å². The second kappa shape index (κ2) is 6.51. The van der Waals surface area contributed by atoms with Crippen molar-refractivity contribution in [3.05, 3.63) is 68.7 Å². The Balaban J connectivity index is 1.88. The van der Waals surface area contributed by atoms with Gasteiger partial charge in [0.15, 0.2) is 0 Å². The average Bonchev–Trinajstić information content (AvgIpc) is 2.38. The summed E-state index contributed by atoms with van der Waals surface area (Å²) in [6.45, 7) is 0. The summed E-state index contributed by atoms with van der Waals surface area (Å²) in [4.78, 5) is 0. The quantitative estimate of drug-likeness (QED) is 0.736. The van der Waals surface area contributed by atoms with Crippen LogP contribution in [0.4, 0.5) is 0 Å². The molecule has 1 saturated carbocycles. The van der Waals surface area contributed by atoms with Crippen molar-refractivity contribution >= 4 is 27.5 Å². The van der Waals surface area contributed by atoms with Gasteiger partial charge in [0.25, 0.3) is 0 Å². The number of nitrogens with one attached hydrogen (secondary N) is 1. The molecular weight excluding hydrogens is 346 g/mol. The third-order valence-corrected chi connectivity index (χ3v) is 5.03. The van der Waals surface area contributed by atoms with Gasteiger partial charge in [0.1, 0.15) is 0 Å². The molecule has 0 saturated heterocycles. The molecule has 21 heavy (non-hydrogen) atoms. The lowest BCUT2D eigenvalue weighted by Crippen LogP contribution is -2.18. The van der Waals surface area contributed by atoms with Crippen LogP contribution in [0.2, 0.25) is 5.02 Å². The fraction of sp³-hybridized carbons (Fsp3) is 0.333. The molecule has 3 heteroatoms. The van der Waals surface area contributed by atoms with E-state index in [1.54, 1.807) is 0 Å². The van der Waals surface area contributed by atoms with E-state index in [1.165, 1.54) is 36.0 Å². The van der Waals surface area contributed by atoms with Gasteiger partial charge in [0, 0.05) is 9.50 Å². The van der Waals surface area contributed by atoms with Crippen LogP contribution in [0, 0.1) is 0 Å². The molecule has 1 N–H and O–H groups in total. The molecule has 2 aromatic carbocycles. The maximum atomic E-state index is 6.17. The number of halogens is 2. The Morgan fingerprint density at radius 2 is 1.81 bits per heavy atom. The van der Waals surface area contributed by atoms with E-state index in [1.807, 2.05) is 19.2 Å². The second-order valence-corrected chi connectivity index (χ2v) is 7.07. The first-order valence-corrected chi connectivity index (χ1v) is 8.57. The zero-order valence-electron chi connectivity index (χ0n) is 12.1. The Kier molecular flexibility index (Phi) is 4.68. The fourth-order valence-electron chi connectivity index (χ4n) is 2.97. The summed E-state index contributed by atoms with van der Waals surface area (Å²) >= 11 is 9.69. The molecule has 0 aromatic heterocycles. The second-order valence-electron chi connectivity index (χ2n) is 5.72. The summed E-state index contributed by atoms with van der Waals surface area (Å²) in [6, 6.07) is 15.3.